The summed E-state index contributed by atoms with van der Waals surface area (Å²) >= 11 is 0. The Labute approximate surface area is 200 Å². The van der Waals surface area contributed by atoms with Gasteiger partial charge in [0.25, 0.3) is 15.9 Å². The molecule has 0 fully saturated rings. The van der Waals surface area contributed by atoms with Crippen LogP contribution in [-0.4, -0.2) is 35.2 Å². The number of carbonyl (C=O) groups excluding carboxylic acids is 1. The van der Waals surface area contributed by atoms with Gasteiger partial charge in [-0.05, 0) is 74.0 Å². The highest BCUT2D eigenvalue weighted by atomic mass is 32.2. The second kappa shape index (κ2) is 10.9. The van der Waals surface area contributed by atoms with E-state index in [1.807, 2.05) is 13.8 Å². The minimum Gasteiger partial charge on any atom is -0.494 e. The maximum Gasteiger partial charge on any atom is 0.271 e. The fourth-order valence-corrected chi connectivity index (χ4v) is 4.62. The molecule has 8 heteroatoms. The standard InChI is InChI=1S/C26H27NO6S/c1-5-33-22-12-10-21(11-13-22)27(34(29,30)23-14-6-19(2)7-15-23)26(28)17-9-20-8-16-24(31-3)25(18-20)32-4/h6-18H,5H2,1-4H3/b17-9+. The molecule has 0 unspecified atom stereocenters. The number of hydrogen-bond acceptors (Lipinski definition) is 6. The second-order valence-electron chi connectivity index (χ2n) is 7.30. The first-order valence-corrected chi connectivity index (χ1v) is 12.0. The molecule has 0 spiro atoms. The van der Waals surface area contributed by atoms with Crippen LogP contribution in [0.5, 0.6) is 17.2 Å². The second-order valence-corrected chi connectivity index (χ2v) is 9.08. The van der Waals surface area contributed by atoms with Gasteiger partial charge in [0.2, 0.25) is 0 Å². The zero-order chi connectivity index (χ0) is 24.7. The molecular formula is C26H27NO6S. The first-order chi connectivity index (χ1) is 16.3. The first kappa shape index (κ1) is 24.9. The molecule has 0 heterocycles. The van der Waals surface area contributed by atoms with Gasteiger partial charge < -0.3 is 14.2 Å². The minimum absolute atomic E-state index is 0.0138. The van der Waals surface area contributed by atoms with Crippen LogP contribution >= 0.6 is 0 Å². The molecule has 1 amide bonds. The van der Waals surface area contributed by atoms with Crippen molar-refractivity contribution < 1.29 is 27.4 Å². The Bertz CT molecular complexity index is 1270. The number of methoxy groups -OCH3 is 2. The fourth-order valence-electron chi connectivity index (χ4n) is 3.24. The molecule has 0 aliphatic rings. The lowest BCUT2D eigenvalue weighted by molar-refractivity contribution is -0.113. The lowest BCUT2D eigenvalue weighted by Crippen LogP contribution is -2.35. The molecule has 0 atom stereocenters. The van der Waals surface area contributed by atoms with E-state index >= 15 is 0 Å². The van der Waals surface area contributed by atoms with Crippen molar-refractivity contribution in [2.24, 2.45) is 0 Å². The molecule has 178 valence electrons. The van der Waals surface area contributed by atoms with E-state index in [4.69, 9.17) is 14.2 Å². The van der Waals surface area contributed by atoms with Gasteiger partial charge in [0.15, 0.2) is 11.5 Å². The Morgan fingerprint density at radius 2 is 1.56 bits per heavy atom. The molecule has 0 aliphatic heterocycles. The third-order valence-corrected chi connectivity index (χ3v) is 6.71. The van der Waals surface area contributed by atoms with E-state index in [0.29, 0.717) is 29.4 Å². The van der Waals surface area contributed by atoms with Crippen LogP contribution in [0.4, 0.5) is 5.69 Å². The highest BCUT2D eigenvalue weighted by Gasteiger charge is 2.29. The zero-order valence-electron chi connectivity index (χ0n) is 19.5. The minimum atomic E-state index is -4.18. The third-order valence-electron chi connectivity index (χ3n) is 4.97. The molecule has 0 aromatic heterocycles. The van der Waals surface area contributed by atoms with Gasteiger partial charge in [-0.3, -0.25) is 4.79 Å². The largest absolute Gasteiger partial charge is 0.494 e. The predicted octanol–water partition coefficient (Wildman–Crippen LogP) is 4.85. The number of anilines is 1. The number of benzene rings is 3. The molecule has 3 aromatic rings. The van der Waals surface area contributed by atoms with E-state index in [1.54, 1.807) is 54.6 Å². The van der Waals surface area contributed by atoms with Gasteiger partial charge in [-0.25, -0.2) is 8.42 Å². The van der Waals surface area contributed by atoms with Crippen LogP contribution in [0.15, 0.2) is 77.7 Å². The molecule has 0 saturated heterocycles. The predicted molar refractivity (Wildman–Crippen MR) is 132 cm³/mol. The molecule has 3 aromatic carbocycles. The maximum atomic E-state index is 13.5. The van der Waals surface area contributed by atoms with E-state index in [9.17, 15) is 13.2 Å². The smallest absolute Gasteiger partial charge is 0.271 e. The van der Waals surface area contributed by atoms with Crippen LogP contribution < -0.4 is 18.5 Å². The van der Waals surface area contributed by atoms with Crippen LogP contribution in [0.25, 0.3) is 6.08 Å². The maximum absolute atomic E-state index is 13.5. The van der Waals surface area contributed by atoms with Crippen molar-refractivity contribution in [2.75, 3.05) is 25.1 Å². The molecule has 34 heavy (non-hydrogen) atoms. The Kier molecular flexibility index (Phi) is 7.96. The number of rotatable bonds is 9. The van der Waals surface area contributed by atoms with Gasteiger partial charge in [-0.15, -0.1) is 0 Å². The number of ether oxygens (including phenoxy) is 3. The quantitative estimate of drug-likeness (QED) is 0.407. The van der Waals surface area contributed by atoms with Gasteiger partial charge in [0.05, 0.1) is 31.4 Å². The number of hydrogen-bond donors (Lipinski definition) is 0. The van der Waals surface area contributed by atoms with Crippen LogP contribution in [0.3, 0.4) is 0 Å². The number of amides is 1. The summed E-state index contributed by atoms with van der Waals surface area (Å²) < 4.78 is 43.7. The fraction of sp³-hybridized carbons (Fsp3) is 0.192. The molecule has 0 bridgehead atoms. The Morgan fingerprint density at radius 1 is 0.912 bits per heavy atom. The summed E-state index contributed by atoms with van der Waals surface area (Å²) in [5.74, 6) is 0.892. The Balaban J connectivity index is 2.01. The summed E-state index contributed by atoms with van der Waals surface area (Å²) in [6.45, 7) is 4.18. The van der Waals surface area contributed by atoms with Crippen LogP contribution in [0.2, 0.25) is 0 Å². The van der Waals surface area contributed by atoms with Gasteiger partial charge in [-0.1, -0.05) is 23.8 Å². The number of aryl methyl sites for hydroxylation is 1. The normalized spacial score (nSPS) is 11.3. The van der Waals surface area contributed by atoms with Gasteiger partial charge in [0.1, 0.15) is 5.75 Å². The molecule has 3 rings (SSSR count). The summed E-state index contributed by atoms with van der Waals surface area (Å²) in [6, 6.07) is 17.8. The van der Waals surface area contributed by atoms with Crippen LogP contribution in [0.1, 0.15) is 18.1 Å². The lowest BCUT2D eigenvalue weighted by atomic mass is 10.2. The molecular weight excluding hydrogens is 454 g/mol. The van der Waals surface area contributed by atoms with E-state index in [0.717, 1.165) is 9.87 Å². The van der Waals surface area contributed by atoms with E-state index in [2.05, 4.69) is 0 Å². The molecule has 0 saturated carbocycles. The Morgan fingerprint density at radius 3 is 2.15 bits per heavy atom. The molecule has 0 N–H and O–H groups in total. The monoisotopic (exact) mass is 481 g/mol. The Hall–Kier alpha value is -3.78. The van der Waals surface area contributed by atoms with Crippen molar-refractivity contribution >= 4 is 27.7 Å². The van der Waals surface area contributed by atoms with Crippen LogP contribution in [-0.2, 0) is 14.8 Å². The summed E-state index contributed by atoms with van der Waals surface area (Å²) in [5.41, 5.74) is 1.75. The molecule has 0 radical (unpaired) electrons. The van der Waals surface area contributed by atoms with Crippen molar-refractivity contribution in [1.29, 1.82) is 0 Å². The van der Waals surface area contributed by atoms with Gasteiger partial charge in [0, 0.05) is 6.08 Å². The lowest BCUT2D eigenvalue weighted by Gasteiger charge is -2.22. The zero-order valence-corrected chi connectivity index (χ0v) is 20.3. The summed E-state index contributed by atoms with van der Waals surface area (Å²) in [7, 11) is -1.13. The number of sulfonamides is 1. The van der Waals surface area contributed by atoms with E-state index < -0.39 is 15.9 Å². The summed E-state index contributed by atoms with van der Waals surface area (Å²) in [6.07, 6.45) is 2.74. The van der Waals surface area contributed by atoms with Crippen molar-refractivity contribution in [2.45, 2.75) is 18.7 Å². The van der Waals surface area contributed by atoms with Crippen molar-refractivity contribution in [1.82, 2.24) is 0 Å². The topological polar surface area (TPSA) is 82.1 Å². The van der Waals surface area contributed by atoms with Crippen molar-refractivity contribution in [3.8, 4) is 17.2 Å². The van der Waals surface area contributed by atoms with Gasteiger partial charge in [-0.2, -0.15) is 4.31 Å². The highest BCUT2D eigenvalue weighted by molar-refractivity contribution is 7.93. The first-order valence-electron chi connectivity index (χ1n) is 10.6. The molecule has 0 aliphatic carbocycles. The third kappa shape index (κ3) is 5.58. The average Bonchev–Trinajstić information content (AvgIpc) is 2.84. The molecule has 7 nitrogen and oxygen atoms in total. The van der Waals surface area contributed by atoms with Gasteiger partial charge >= 0.3 is 0 Å². The highest BCUT2D eigenvalue weighted by Crippen LogP contribution is 2.29. The number of nitrogens with zero attached hydrogens (tertiary/aromatic N) is 1. The average molecular weight is 482 g/mol. The van der Waals surface area contributed by atoms with E-state index in [-0.39, 0.29) is 10.6 Å². The van der Waals surface area contributed by atoms with Crippen molar-refractivity contribution in [3.05, 3.63) is 83.9 Å². The SMILES string of the molecule is CCOc1ccc(N(C(=O)/C=C/c2ccc(OC)c(OC)c2)S(=O)(=O)c2ccc(C)cc2)cc1. The van der Waals surface area contributed by atoms with Crippen molar-refractivity contribution in [3.63, 3.8) is 0 Å². The summed E-state index contributed by atoms with van der Waals surface area (Å²) in [4.78, 5) is 13.3. The van der Waals surface area contributed by atoms with Crippen LogP contribution in [0, 0.1) is 6.92 Å². The number of carbonyl (C=O) groups is 1. The summed E-state index contributed by atoms with van der Waals surface area (Å²) in [5, 5.41) is 0. The van der Waals surface area contributed by atoms with E-state index in [1.165, 1.54) is 38.5 Å².